The van der Waals surface area contributed by atoms with Crippen molar-refractivity contribution in [1.82, 2.24) is 0 Å². The highest BCUT2D eigenvalue weighted by Gasteiger charge is 2.14. The second kappa shape index (κ2) is 10.1. The average molecular weight is 370 g/mol. The zero-order valence-corrected chi connectivity index (χ0v) is 17.1. The number of para-hydroxylation sites is 1. The number of ether oxygens (including phenoxy) is 2. The molecule has 27 heavy (non-hydrogen) atoms. The fraction of sp³-hybridized carbons (Fsp3) is 0.435. The molecule has 0 unspecified atom stereocenters. The Morgan fingerprint density at radius 3 is 2.22 bits per heavy atom. The Morgan fingerprint density at radius 2 is 1.67 bits per heavy atom. The van der Waals surface area contributed by atoms with E-state index in [4.69, 9.17) is 9.47 Å². The first-order valence-electron chi connectivity index (χ1n) is 9.79. The molecule has 0 aromatic heterocycles. The van der Waals surface area contributed by atoms with Gasteiger partial charge in [-0.05, 0) is 62.9 Å². The summed E-state index contributed by atoms with van der Waals surface area (Å²) in [5, 5.41) is 3.12. The Balaban J connectivity index is 2.30. The van der Waals surface area contributed by atoms with E-state index in [1.54, 1.807) is 6.07 Å². The minimum Gasteiger partial charge on any atom is -0.494 e. The van der Waals surface area contributed by atoms with E-state index in [1.165, 1.54) is 0 Å². The van der Waals surface area contributed by atoms with Crippen molar-refractivity contribution in [3.8, 4) is 5.75 Å². The molecule has 146 valence electrons. The standard InChI is InChI=1S/C23H31NO3/c1-6-17-10-9-11-18(7-2)22(17)24-23(25)19-12-13-21(26-8-3)20(14-19)15-27-16(4)5/h9-14,16H,6-8,15H2,1-5H3,(H,24,25). The van der Waals surface area contributed by atoms with Gasteiger partial charge in [0.25, 0.3) is 5.91 Å². The minimum atomic E-state index is -0.112. The zero-order valence-electron chi connectivity index (χ0n) is 17.1. The lowest BCUT2D eigenvalue weighted by Crippen LogP contribution is -2.15. The molecule has 0 saturated carbocycles. The number of carbonyl (C=O) groups is 1. The van der Waals surface area contributed by atoms with Gasteiger partial charge >= 0.3 is 0 Å². The monoisotopic (exact) mass is 369 g/mol. The Labute approximate surface area is 162 Å². The van der Waals surface area contributed by atoms with Crippen molar-refractivity contribution in [3.05, 3.63) is 58.7 Å². The molecule has 0 spiro atoms. The number of amides is 1. The first kappa shape index (κ1) is 21.0. The number of carbonyl (C=O) groups excluding carboxylic acids is 1. The van der Waals surface area contributed by atoms with Gasteiger partial charge in [0.15, 0.2) is 0 Å². The van der Waals surface area contributed by atoms with Crippen LogP contribution in [0.4, 0.5) is 5.69 Å². The maximum atomic E-state index is 12.9. The van der Waals surface area contributed by atoms with Crippen LogP contribution in [0, 0.1) is 0 Å². The second-order valence-electron chi connectivity index (χ2n) is 6.73. The van der Waals surface area contributed by atoms with Gasteiger partial charge in [0, 0.05) is 16.8 Å². The Bertz CT molecular complexity index is 746. The summed E-state index contributed by atoms with van der Waals surface area (Å²) in [6.07, 6.45) is 1.86. The van der Waals surface area contributed by atoms with E-state index in [2.05, 4.69) is 31.3 Å². The molecule has 0 atom stereocenters. The lowest BCUT2D eigenvalue weighted by molar-refractivity contribution is 0.0641. The first-order chi connectivity index (χ1) is 13.0. The zero-order chi connectivity index (χ0) is 19.8. The molecule has 1 amide bonds. The molecule has 4 nitrogen and oxygen atoms in total. The van der Waals surface area contributed by atoms with E-state index < -0.39 is 0 Å². The largest absolute Gasteiger partial charge is 0.494 e. The van der Waals surface area contributed by atoms with Crippen LogP contribution in [0.2, 0.25) is 0 Å². The van der Waals surface area contributed by atoms with E-state index in [1.807, 2.05) is 39.0 Å². The normalized spacial score (nSPS) is 10.9. The number of aryl methyl sites for hydroxylation is 2. The van der Waals surface area contributed by atoms with Gasteiger partial charge in [0.05, 0.1) is 19.3 Å². The summed E-state index contributed by atoms with van der Waals surface area (Å²) >= 11 is 0. The van der Waals surface area contributed by atoms with Crippen molar-refractivity contribution in [1.29, 1.82) is 0 Å². The van der Waals surface area contributed by atoms with Crippen LogP contribution < -0.4 is 10.1 Å². The number of benzene rings is 2. The fourth-order valence-electron chi connectivity index (χ4n) is 2.98. The molecule has 0 fully saturated rings. The van der Waals surface area contributed by atoms with Gasteiger partial charge in [-0.1, -0.05) is 32.0 Å². The van der Waals surface area contributed by atoms with E-state index in [-0.39, 0.29) is 12.0 Å². The van der Waals surface area contributed by atoms with Crippen LogP contribution in [0.1, 0.15) is 61.7 Å². The highest BCUT2D eigenvalue weighted by atomic mass is 16.5. The summed E-state index contributed by atoms with van der Waals surface area (Å²) < 4.78 is 11.4. The van der Waals surface area contributed by atoms with Crippen LogP contribution in [0.5, 0.6) is 5.75 Å². The highest BCUT2D eigenvalue weighted by Crippen LogP contribution is 2.25. The molecule has 4 heteroatoms. The third-order valence-electron chi connectivity index (χ3n) is 4.43. The van der Waals surface area contributed by atoms with Crippen LogP contribution in [0.25, 0.3) is 0 Å². The van der Waals surface area contributed by atoms with Crippen LogP contribution in [0.15, 0.2) is 36.4 Å². The summed E-state index contributed by atoms with van der Waals surface area (Å²) in [5.74, 6) is 0.650. The fourth-order valence-corrected chi connectivity index (χ4v) is 2.98. The highest BCUT2D eigenvalue weighted by molar-refractivity contribution is 6.05. The summed E-state index contributed by atoms with van der Waals surface area (Å²) in [6, 6.07) is 11.7. The molecule has 0 radical (unpaired) electrons. The van der Waals surface area contributed by atoms with Crippen LogP contribution in [-0.4, -0.2) is 18.6 Å². The van der Waals surface area contributed by atoms with Crippen molar-refractivity contribution in [2.75, 3.05) is 11.9 Å². The molecule has 1 N–H and O–H groups in total. The molecule has 0 bridgehead atoms. The number of hydrogen-bond donors (Lipinski definition) is 1. The van der Waals surface area contributed by atoms with Crippen LogP contribution >= 0.6 is 0 Å². The Hall–Kier alpha value is -2.33. The van der Waals surface area contributed by atoms with Gasteiger partial charge < -0.3 is 14.8 Å². The molecule has 0 heterocycles. The quantitative estimate of drug-likeness (QED) is 0.645. The molecular formula is C23H31NO3. The van der Waals surface area contributed by atoms with Gasteiger partial charge in [0.2, 0.25) is 0 Å². The van der Waals surface area contributed by atoms with Gasteiger partial charge in [-0.3, -0.25) is 4.79 Å². The smallest absolute Gasteiger partial charge is 0.255 e. The summed E-state index contributed by atoms with van der Waals surface area (Å²) in [4.78, 5) is 12.9. The second-order valence-corrected chi connectivity index (χ2v) is 6.73. The van der Waals surface area contributed by atoms with E-state index in [0.29, 0.717) is 18.8 Å². The molecule has 2 aromatic carbocycles. The topological polar surface area (TPSA) is 47.6 Å². The molecular weight excluding hydrogens is 338 g/mol. The maximum absolute atomic E-state index is 12.9. The third-order valence-corrected chi connectivity index (χ3v) is 4.43. The summed E-state index contributed by atoms with van der Waals surface area (Å²) in [7, 11) is 0. The minimum absolute atomic E-state index is 0.112. The van der Waals surface area contributed by atoms with Crippen molar-refractivity contribution >= 4 is 11.6 Å². The maximum Gasteiger partial charge on any atom is 0.255 e. The first-order valence-corrected chi connectivity index (χ1v) is 9.79. The molecule has 0 aliphatic rings. The lowest BCUT2D eigenvalue weighted by Gasteiger charge is -2.16. The third kappa shape index (κ3) is 5.57. The van der Waals surface area contributed by atoms with Crippen molar-refractivity contribution < 1.29 is 14.3 Å². The molecule has 2 rings (SSSR count). The molecule has 0 saturated heterocycles. The number of hydrogen-bond acceptors (Lipinski definition) is 3. The van der Waals surface area contributed by atoms with Gasteiger partial charge in [-0.25, -0.2) is 0 Å². The van der Waals surface area contributed by atoms with Gasteiger partial charge in [-0.2, -0.15) is 0 Å². The Morgan fingerprint density at radius 1 is 1.00 bits per heavy atom. The van der Waals surface area contributed by atoms with Crippen LogP contribution in [0.3, 0.4) is 0 Å². The predicted molar refractivity (Wildman–Crippen MR) is 111 cm³/mol. The molecule has 0 aliphatic carbocycles. The Kier molecular flexibility index (Phi) is 7.86. The SMILES string of the molecule is CCOc1ccc(C(=O)Nc2c(CC)cccc2CC)cc1COC(C)C. The van der Waals surface area contributed by atoms with E-state index in [0.717, 1.165) is 41.0 Å². The van der Waals surface area contributed by atoms with E-state index in [9.17, 15) is 4.79 Å². The average Bonchev–Trinajstić information content (AvgIpc) is 2.67. The number of anilines is 1. The van der Waals surface area contributed by atoms with Crippen molar-refractivity contribution in [2.24, 2.45) is 0 Å². The molecule has 0 aliphatic heterocycles. The summed E-state index contributed by atoms with van der Waals surface area (Å²) in [5.41, 5.74) is 4.72. The van der Waals surface area contributed by atoms with Crippen LogP contribution in [-0.2, 0) is 24.2 Å². The number of nitrogens with one attached hydrogen (secondary N) is 1. The lowest BCUT2D eigenvalue weighted by atomic mass is 10.0. The molecule has 2 aromatic rings. The van der Waals surface area contributed by atoms with Gasteiger partial charge in [0.1, 0.15) is 5.75 Å². The van der Waals surface area contributed by atoms with Crippen molar-refractivity contribution in [2.45, 2.75) is 60.2 Å². The van der Waals surface area contributed by atoms with Crippen molar-refractivity contribution in [3.63, 3.8) is 0 Å². The number of rotatable bonds is 9. The van der Waals surface area contributed by atoms with E-state index >= 15 is 0 Å². The van der Waals surface area contributed by atoms with Gasteiger partial charge in [-0.15, -0.1) is 0 Å². The predicted octanol–water partition coefficient (Wildman–Crippen LogP) is 5.39. The summed E-state index contributed by atoms with van der Waals surface area (Å²) in [6.45, 7) is 11.1.